The molecule has 0 unspecified atom stereocenters. The molecule has 114 valence electrons. The molecule has 0 bridgehead atoms. The highest BCUT2D eigenvalue weighted by Gasteiger charge is 2.26. The zero-order valence-electron chi connectivity index (χ0n) is 12.5. The predicted molar refractivity (Wildman–Crippen MR) is 79.6 cm³/mol. The van der Waals surface area contributed by atoms with Crippen LogP contribution in [0.15, 0.2) is 18.2 Å². The topological polar surface area (TPSA) is 72.7 Å². The van der Waals surface area contributed by atoms with Crippen molar-refractivity contribution in [3.63, 3.8) is 0 Å². The maximum absolute atomic E-state index is 11.9. The van der Waals surface area contributed by atoms with E-state index in [1.807, 2.05) is 0 Å². The number of methoxy groups -OCH3 is 1. The molecular formula is C15H20N2O4. The summed E-state index contributed by atoms with van der Waals surface area (Å²) >= 11 is 0. The van der Waals surface area contributed by atoms with Crippen LogP contribution in [0.2, 0.25) is 0 Å². The molecule has 1 aliphatic rings. The first-order valence-corrected chi connectivity index (χ1v) is 7.04. The number of nitrogens with zero attached hydrogens (tertiary/aromatic N) is 2. The summed E-state index contributed by atoms with van der Waals surface area (Å²) in [5.41, 5.74) is 0.871. The van der Waals surface area contributed by atoms with Crippen LogP contribution < -0.4 is 4.90 Å². The van der Waals surface area contributed by atoms with Gasteiger partial charge in [-0.05, 0) is 24.3 Å². The lowest BCUT2D eigenvalue weighted by Gasteiger charge is -2.37. The van der Waals surface area contributed by atoms with Gasteiger partial charge in [0, 0.05) is 25.2 Å². The smallest absolute Gasteiger partial charge is 0.340 e. The van der Waals surface area contributed by atoms with Gasteiger partial charge in [0.1, 0.15) is 0 Å². The molecule has 6 nitrogen and oxygen atoms in total. The molecule has 0 aliphatic carbocycles. The maximum Gasteiger partial charge on any atom is 0.340 e. The van der Waals surface area contributed by atoms with E-state index in [0.29, 0.717) is 17.5 Å². The summed E-state index contributed by atoms with van der Waals surface area (Å²) < 4.78 is 4.77. The summed E-state index contributed by atoms with van der Waals surface area (Å²) in [7, 11) is 1.28. The zero-order chi connectivity index (χ0) is 15.6. The number of anilines is 1. The van der Waals surface area contributed by atoms with E-state index in [-0.39, 0.29) is 11.3 Å². The minimum absolute atomic E-state index is 0.0998. The van der Waals surface area contributed by atoms with Crippen LogP contribution in [0.3, 0.4) is 0 Å². The number of rotatable bonds is 3. The summed E-state index contributed by atoms with van der Waals surface area (Å²) in [4.78, 5) is 24.5. The number of piperidine rings is 1. The minimum atomic E-state index is -0.542. The highest BCUT2D eigenvalue weighted by Crippen LogP contribution is 2.31. The van der Waals surface area contributed by atoms with Gasteiger partial charge in [-0.1, -0.05) is 13.8 Å². The fraction of sp³-hybridized carbons (Fsp3) is 0.533. The fourth-order valence-corrected chi connectivity index (χ4v) is 3.05. The van der Waals surface area contributed by atoms with Gasteiger partial charge in [-0.25, -0.2) is 4.79 Å². The maximum atomic E-state index is 11.9. The van der Waals surface area contributed by atoms with Crippen molar-refractivity contribution in [3.8, 4) is 0 Å². The Labute approximate surface area is 123 Å². The Hall–Kier alpha value is -2.11. The first-order chi connectivity index (χ1) is 9.92. The van der Waals surface area contributed by atoms with Crippen LogP contribution >= 0.6 is 0 Å². The van der Waals surface area contributed by atoms with Gasteiger partial charge in [-0.2, -0.15) is 0 Å². The number of esters is 1. The first kappa shape index (κ1) is 15.3. The summed E-state index contributed by atoms with van der Waals surface area (Å²) in [6.07, 6.45) is 1.15. The lowest BCUT2D eigenvalue weighted by molar-refractivity contribution is -0.384. The summed E-state index contributed by atoms with van der Waals surface area (Å²) in [5, 5.41) is 10.9. The predicted octanol–water partition coefficient (Wildman–Crippen LogP) is 2.86. The number of benzene rings is 1. The molecular weight excluding hydrogens is 272 g/mol. The third-order valence-electron chi connectivity index (χ3n) is 3.81. The first-order valence-electron chi connectivity index (χ1n) is 7.04. The van der Waals surface area contributed by atoms with Crippen molar-refractivity contribution >= 4 is 17.3 Å². The van der Waals surface area contributed by atoms with Crippen LogP contribution in [0.25, 0.3) is 0 Å². The van der Waals surface area contributed by atoms with Gasteiger partial charge in [0.25, 0.3) is 5.69 Å². The second-order valence-corrected chi connectivity index (χ2v) is 5.80. The number of hydrogen-bond acceptors (Lipinski definition) is 5. The van der Waals surface area contributed by atoms with E-state index in [9.17, 15) is 14.9 Å². The Balaban J connectivity index is 2.42. The van der Waals surface area contributed by atoms with Crippen LogP contribution in [0.1, 0.15) is 30.6 Å². The van der Waals surface area contributed by atoms with Gasteiger partial charge < -0.3 is 9.64 Å². The highest BCUT2D eigenvalue weighted by molar-refractivity contribution is 5.96. The molecule has 1 saturated heterocycles. The monoisotopic (exact) mass is 292 g/mol. The fourth-order valence-electron chi connectivity index (χ4n) is 3.05. The second-order valence-electron chi connectivity index (χ2n) is 5.80. The average Bonchev–Trinajstić information content (AvgIpc) is 2.44. The second kappa shape index (κ2) is 6.11. The molecule has 2 atom stereocenters. The van der Waals surface area contributed by atoms with Crippen molar-refractivity contribution in [2.24, 2.45) is 11.8 Å². The number of nitro groups is 1. The van der Waals surface area contributed by atoms with Gasteiger partial charge in [-0.3, -0.25) is 10.1 Å². The van der Waals surface area contributed by atoms with E-state index < -0.39 is 10.9 Å². The number of nitro benzene ring substituents is 1. The van der Waals surface area contributed by atoms with E-state index in [4.69, 9.17) is 4.74 Å². The normalized spacial score (nSPS) is 22.0. The van der Waals surface area contributed by atoms with E-state index >= 15 is 0 Å². The number of carbonyl (C=O) groups excluding carboxylic acids is 1. The van der Waals surface area contributed by atoms with E-state index in [1.165, 1.54) is 19.2 Å². The van der Waals surface area contributed by atoms with Crippen molar-refractivity contribution in [1.29, 1.82) is 0 Å². The molecule has 6 heteroatoms. The number of hydrogen-bond donors (Lipinski definition) is 0. The van der Waals surface area contributed by atoms with Crippen LogP contribution in [0.4, 0.5) is 11.4 Å². The van der Waals surface area contributed by atoms with Crippen molar-refractivity contribution < 1.29 is 14.5 Å². The largest absolute Gasteiger partial charge is 0.465 e. The molecule has 1 aromatic rings. The molecule has 1 aromatic carbocycles. The number of ether oxygens (including phenoxy) is 1. The van der Waals surface area contributed by atoms with E-state index in [1.54, 1.807) is 6.07 Å². The van der Waals surface area contributed by atoms with Gasteiger partial charge in [0.15, 0.2) is 0 Å². The van der Waals surface area contributed by atoms with Crippen molar-refractivity contribution in [2.75, 3.05) is 25.1 Å². The SMILES string of the molecule is COC(=O)c1cc([N+](=O)[O-])ccc1N1C[C@@H](C)C[C@H](C)C1. The molecule has 0 N–H and O–H groups in total. The quantitative estimate of drug-likeness (QED) is 0.486. The van der Waals surface area contributed by atoms with Gasteiger partial charge >= 0.3 is 5.97 Å². The summed E-state index contributed by atoms with van der Waals surface area (Å²) in [6, 6.07) is 4.38. The van der Waals surface area contributed by atoms with Crippen LogP contribution in [-0.4, -0.2) is 31.1 Å². The van der Waals surface area contributed by atoms with Crippen LogP contribution in [0, 0.1) is 22.0 Å². The molecule has 0 saturated carbocycles. The average molecular weight is 292 g/mol. The molecule has 1 fully saturated rings. The lowest BCUT2D eigenvalue weighted by Crippen LogP contribution is -2.39. The zero-order valence-corrected chi connectivity index (χ0v) is 12.5. The lowest BCUT2D eigenvalue weighted by atomic mass is 9.91. The van der Waals surface area contributed by atoms with Crippen molar-refractivity contribution in [3.05, 3.63) is 33.9 Å². The van der Waals surface area contributed by atoms with Crippen LogP contribution in [0.5, 0.6) is 0 Å². The molecule has 1 aliphatic heterocycles. The Morgan fingerprint density at radius 3 is 2.48 bits per heavy atom. The number of carbonyl (C=O) groups is 1. The number of non-ortho nitro benzene ring substituents is 1. The van der Waals surface area contributed by atoms with Crippen molar-refractivity contribution in [1.82, 2.24) is 0 Å². The third-order valence-corrected chi connectivity index (χ3v) is 3.81. The molecule has 0 amide bonds. The van der Waals surface area contributed by atoms with E-state index in [2.05, 4.69) is 18.7 Å². The Morgan fingerprint density at radius 2 is 1.95 bits per heavy atom. The molecule has 1 heterocycles. The highest BCUT2D eigenvalue weighted by atomic mass is 16.6. The summed E-state index contributed by atoms with van der Waals surface area (Å²) in [6.45, 7) is 6.02. The third kappa shape index (κ3) is 3.32. The Morgan fingerprint density at radius 1 is 1.33 bits per heavy atom. The molecule has 0 aromatic heterocycles. The van der Waals surface area contributed by atoms with E-state index in [0.717, 1.165) is 19.5 Å². The van der Waals surface area contributed by atoms with Gasteiger partial charge in [0.05, 0.1) is 23.3 Å². The summed E-state index contributed by atoms with van der Waals surface area (Å²) in [5.74, 6) is 0.503. The van der Waals surface area contributed by atoms with Crippen LogP contribution in [-0.2, 0) is 4.74 Å². The molecule has 0 spiro atoms. The Kier molecular flexibility index (Phi) is 4.45. The standard InChI is InChI=1S/C15H20N2O4/c1-10-6-11(2)9-16(8-10)14-5-4-12(17(19)20)7-13(14)15(18)21-3/h4-5,7,10-11H,6,8-9H2,1-3H3/t10-,11-/m0/s1. The van der Waals surface area contributed by atoms with Crippen molar-refractivity contribution in [2.45, 2.75) is 20.3 Å². The Bertz CT molecular complexity index is 549. The van der Waals surface area contributed by atoms with Gasteiger partial charge in [0.2, 0.25) is 0 Å². The molecule has 0 radical (unpaired) electrons. The van der Waals surface area contributed by atoms with Gasteiger partial charge in [-0.15, -0.1) is 0 Å². The molecule has 21 heavy (non-hydrogen) atoms. The minimum Gasteiger partial charge on any atom is -0.465 e. The molecule has 2 rings (SSSR count).